The van der Waals surface area contributed by atoms with E-state index in [0.717, 1.165) is 42.1 Å². The first-order valence-corrected chi connectivity index (χ1v) is 13.7. The van der Waals surface area contributed by atoms with Gasteiger partial charge >= 0.3 is 0 Å². The molecule has 4 aromatic carbocycles. The van der Waals surface area contributed by atoms with Crippen molar-refractivity contribution in [3.8, 4) is 17.2 Å². The first kappa shape index (κ1) is 28.0. The molecule has 0 atom stereocenters. The summed E-state index contributed by atoms with van der Waals surface area (Å²) in [5.41, 5.74) is 4.83. The normalized spacial score (nSPS) is 11.1. The average molecular weight is 550 g/mol. The van der Waals surface area contributed by atoms with Crippen LogP contribution in [-0.4, -0.2) is 25.7 Å². The van der Waals surface area contributed by atoms with E-state index in [1.165, 1.54) is 17.2 Å². The van der Waals surface area contributed by atoms with Gasteiger partial charge in [-0.05, 0) is 66.4 Å². The molecule has 1 heterocycles. The summed E-state index contributed by atoms with van der Waals surface area (Å²) in [6.45, 7) is 4.27. The zero-order valence-electron chi connectivity index (χ0n) is 23.8. The Morgan fingerprint density at radius 2 is 1.39 bits per heavy atom. The number of methoxy groups -OCH3 is 2. The fourth-order valence-electron chi connectivity index (χ4n) is 4.90. The van der Waals surface area contributed by atoms with Crippen molar-refractivity contribution < 1.29 is 18.6 Å². The van der Waals surface area contributed by atoms with E-state index < -0.39 is 0 Å². The van der Waals surface area contributed by atoms with Gasteiger partial charge in [0.25, 0.3) is 0 Å². The van der Waals surface area contributed by atoms with Crippen LogP contribution in [0.4, 0.5) is 0 Å². The summed E-state index contributed by atoms with van der Waals surface area (Å²) in [4.78, 5) is 15.3. The Labute approximate surface area is 240 Å². The van der Waals surface area contributed by atoms with E-state index in [1.54, 1.807) is 27.2 Å². The van der Waals surface area contributed by atoms with Crippen LogP contribution in [0.2, 0.25) is 0 Å². The van der Waals surface area contributed by atoms with Gasteiger partial charge in [-0.1, -0.05) is 54.6 Å². The Kier molecular flexibility index (Phi) is 9.02. The van der Waals surface area contributed by atoms with Crippen molar-refractivity contribution in [1.82, 2.24) is 4.90 Å². The van der Waals surface area contributed by atoms with Gasteiger partial charge in [0, 0.05) is 25.7 Å². The highest BCUT2D eigenvalue weighted by Crippen LogP contribution is 2.30. The molecule has 41 heavy (non-hydrogen) atoms. The Bertz CT molecular complexity index is 1630. The Morgan fingerprint density at radius 3 is 2.05 bits per heavy atom. The van der Waals surface area contributed by atoms with Gasteiger partial charge in [0.15, 0.2) is 5.43 Å². The van der Waals surface area contributed by atoms with Gasteiger partial charge in [-0.25, -0.2) is 0 Å². The third-order valence-corrected chi connectivity index (χ3v) is 7.14. The zero-order chi connectivity index (χ0) is 28.6. The summed E-state index contributed by atoms with van der Waals surface area (Å²) in [5.74, 6) is 2.91. The molecule has 6 nitrogen and oxygen atoms in total. The second kappa shape index (κ2) is 13.2. The quantitative estimate of drug-likeness (QED) is 0.168. The minimum absolute atomic E-state index is 0.0560. The van der Waals surface area contributed by atoms with E-state index in [0.29, 0.717) is 35.6 Å². The Balaban J connectivity index is 1.47. The molecule has 5 aromatic rings. The molecular weight excluding hydrogens is 514 g/mol. The molecule has 210 valence electrons. The van der Waals surface area contributed by atoms with Gasteiger partial charge in [0.2, 0.25) is 0 Å². The van der Waals surface area contributed by atoms with E-state index in [4.69, 9.17) is 18.6 Å². The highest BCUT2D eigenvalue weighted by atomic mass is 16.5. The van der Waals surface area contributed by atoms with Gasteiger partial charge in [-0.15, -0.1) is 0 Å². The molecule has 0 bridgehead atoms. The molecule has 0 amide bonds. The molecule has 0 aliphatic rings. The topological polar surface area (TPSA) is 61.1 Å². The lowest BCUT2D eigenvalue weighted by atomic mass is 10.1. The molecule has 0 saturated heterocycles. The largest absolute Gasteiger partial charge is 0.497 e. The molecule has 0 spiro atoms. The van der Waals surface area contributed by atoms with Crippen LogP contribution in [0.25, 0.3) is 11.0 Å². The fraction of sp³-hybridized carbons (Fsp3) is 0.229. The summed E-state index contributed by atoms with van der Waals surface area (Å²) < 4.78 is 23.2. The van der Waals surface area contributed by atoms with Crippen LogP contribution in [0.1, 0.15) is 28.0 Å². The number of hydrogen-bond acceptors (Lipinski definition) is 6. The molecule has 0 fully saturated rings. The summed E-state index contributed by atoms with van der Waals surface area (Å²) in [5, 5.41) is 0.553. The summed E-state index contributed by atoms with van der Waals surface area (Å²) in [7, 11) is 3.33. The van der Waals surface area contributed by atoms with Crippen molar-refractivity contribution in [3.63, 3.8) is 0 Å². The van der Waals surface area contributed by atoms with Crippen molar-refractivity contribution in [2.75, 3.05) is 20.8 Å². The van der Waals surface area contributed by atoms with Gasteiger partial charge in [0.05, 0.1) is 25.2 Å². The standard InChI is InChI=1S/C35H35NO5/c1-25-21-33(37)31-17-18-34(40-24-28-11-15-30(39-3)16-12-28)32(35(31)41-25)23-36(22-27-7-5-4-6-8-27)20-19-26-9-13-29(38-2)14-10-26/h4-18,21H,19-20,22-24H2,1-3H3. The van der Waals surface area contributed by atoms with Crippen LogP contribution in [0, 0.1) is 6.92 Å². The minimum atomic E-state index is -0.0560. The number of aryl methyl sites for hydroxylation is 1. The van der Waals surface area contributed by atoms with Crippen LogP contribution in [0.15, 0.2) is 106 Å². The molecule has 0 unspecified atom stereocenters. The third kappa shape index (κ3) is 7.16. The summed E-state index contributed by atoms with van der Waals surface area (Å²) in [6, 6.07) is 31.6. The predicted octanol–water partition coefficient (Wildman–Crippen LogP) is 6.94. The predicted molar refractivity (Wildman–Crippen MR) is 162 cm³/mol. The lowest BCUT2D eigenvalue weighted by Gasteiger charge is -2.24. The lowest BCUT2D eigenvalue weighted by Crippen LogP contribution is -2.26. The molecule has 0 aliphatic heterocycles. The van der Waals surface area contributed by atoms with Crippen molar-refractivity contribution in [3.05, 3.63) is 135 Å². The van der Waals surface area contributed by atoms with Crippen LogP contribution in [0.5, 0.6) is 17.2 Å². The Hall–Kier alpha value is -4.55. The van der Waals surface area contributed by atoms with Crippen molar-refractivity contribution in [2.45, 2.75) is 33.0 Å². The number of benzene rings is 4. The lowest BCUT2D eigenvalue weighted by molar-refractivity contribution is 0.248. The molecule has 6 heteroatoms. The first-order chi connectivity index (χ1) is 20.0. The van der Waals surface area contributed by atoms with Crippen LogP contribution in [0.3, 0.4) is 0 Å². The Morgan fingerprint density at radius 1 is 0.732 bits per heavy atom. The molecule has 0 radical (unpaired) electrons. The van der Waals surface area contributed by atoms with E-state index in [1.807, 2.05) is 48.5 Å². The zero-order valence-corrected chi connectivity index (χ0v) is 23.8. The highest BCUT2D eigenvalue weighted by Gasteiger charge is 2.18. The number of ether oxygens (including phenoxy) is 3. The molecule has 0 aliphatic carbocycles. The number of rotatable bonds is 12. The SMILES string of the molecule is COc1ccc(CCN(Cc2ccccc2)Cc2c(OCc3ccc(OC)cc3)ccc3c(=O)cc(C)oc23)cc1. The van der Waals surface area contributed by atoms with Crippen molar-refractivity contribution in [2.24, 2.45) is 0 Å². The molecule has 1 aromatic heterocycles. The van der Waals surface area contributed by atoms with Crippen molar-refractivity contribution >= 4 is 11.0 Å². The fourth-order valence-corrected chi connectivity index (χ4v) is 4.90. The summed E-state index contributed by atoms with van der Waals surface area (Å²) in [6.07, 6.45) is 0.854. The average Bonchev–Trinajstić information content (AvgIpc) is 3.00. The maximum Gasteiger partial charge on any atom is 0.192 e. The van der Waals surface area contributed by atoms with E-state index >= 15 is 0 Å². The van der Waals surface area contributed by atoms with Gasteiger partial charge in [-0.2, -0.15) is 0 Å². The monoisotopic (exact) mass is 549 g/mol. The number of nitrogens with zero attached hydrogens (tertiary/aromatic N) is 1. The smallest absolute Gasteiger partial charge is 0.192 e. The maximum atomic E-state index is 12.9. The van der Waals surface area contributed by atoms with E-state index in [2.05, 4.69) is 41.3 Å². The molecule has 0 saturated carbocycles. The van der Waals surface area contributed by atoms with Gasteiger partial charge in [0.1, 0.15) is 35.2 Å². The van der Waals surface area contributed by atoms with Crippen LogP contribution >= 0.6 is 0 Å². The van der Waals surface area contributed by atoms with Gasteiger partial charge in [-0.3, -0.25) is 9.69 Å². The van der Waals surface area contributed by atoms with E-state index in [9.17, 15) is 4.79 Å². The first-order valence-electron chi connectivity index (χ1n) is 13.7. The summed E-state index contributed by atoms with van der Waals surface area (Å²) >= 11 is 0. The minimum Gasteiger partial charge on any atom is -0.497 e. The van der Waals surface area contributed by atoms with Gasteiger partial charge < -0.3 is 18.6 Å². The third-order valence-electron chi connectivity index (χ3n) is 7.14. The highest BCUT2D eigenvalue weighted by molar-refractivity contribution is 5.82. The van der Waals surface area contributed by atoms with Crippen LogP contribution < -0.4 is 19.6 Å². The molecule has 0 N–H and O–H groups in total. The van der Waals surface area contributed by atoms with Crippen molar-refractivity contribution in [1.29, 1.82) is 0 Å². The number of hydrogen-bond donors (Lipinski definition) is 0. The van der Waals surface area contributed by atoms with E-state index in [-0.39, 0.29) is 5.43 Å². The second-order valence-electron chi connectivity index (χ2n) is 10.1. The molecular formula is C35H35NO5. The maximum absolute atomic E-state index is 12.9. The second-order valence-corrected chi connectivity index (χ2v) is 10.1. The van der Waals surface area contributed by atoms with Crippen LogP contribution in [-0.2, 0) is 26.1 Å². The molecule has 5 rings (SSSR count). The number of fused-ring (bicyclic) bond motifs is 1.